The van der Waals surface area contributed by atoms with Gasteiger partial charge in [0.25, 0.3) is 5.91 Å². The van der Waals surface area contributed by atoms with Crippen LogP contribution < -0.4 is 4.72 Å². The second-order valence-corrected chi connectivity index (χ2v) is 9.79. The highest BCUT2D eigenvalue weighted by atomic mass is 35.5. The molecule has 1 fully saturated rings. The molecule has 35 heavy (non-hydrogen) atoms. The van der Waals surface area contributed by atoms with Gasteiger partial charge in [-0.2, -0.15) is 0 Å². The lowest BCUT2D eigenvalue weighted by atomic mass is 9.84. The molecule has 0 saturated carbocycles. The van der Waals surface area contributed by atoms with Crippen molar-refractivity contribution in [2.45, 2.75) is 23.3 Å². The van der Waals surface area contributed by atoms with Gasteiger partial charge in [-0.15, -0.1) is 0 Å². The molecule has 0 spiro atoms. The minimum Gasteiger partial charge on any atom is -0.385 e. The van der Waals surface area contributed by atoms with Crippen LogP contribution in [0.5, 0.6) is 0 Å². The predicted octanol–water partition coefficient (Wildman–Crippen LogP) is 6.27. The third-order valence-electron chi connectivity index (χ3n) is 6.33. The summed E-state index contributed by atoms with van der Waals surface area (Å²) >= 11 is 7.61. The van der Waals surface area contributed by atoms with Crippen molar-refractivity contribution in [2.75, 3.05) is 17.8 Å². The van der Waals surface area contributed by atoms with E-state index >= 15 is 0 Å². The fourth-order valence-electron chi connectivity index (χ4n) is 4.38. The maximum atomic E-state index is 14.9. The van der Waals surface area contributed by atoms with Crippen LogP contribution in [-0.4, -0.2) is 34.0 Å². The number of carbonyl (C=O) groups excluding carboxylic acids is 1. The van der Waals surface area contributed by atoms with E-state index in [1.54, 1.807) is 29.3 Å². The van der Waals surface area contributed by atoms with Crippen molar-refractivity contribution < 1.29 is 14.3 Å². The highest BCUT2D eigenvalue weighted by molar-refractivity contribution is 8.00. The number of amides is 1. The van der Waals surface area contributed by atoms with Crippen molar-refractivity contribution in [3.63, 3.8) is 0 Å². The molecule has 1 aliphatic heterocycles. The summed E-state index contributed by atoms with van der Waals surface area (Å²) in [5, 5.41) is 12.6. The Morgan fingerprint density at radius 1 is 1.06 bits per heavy atom. The molecule has 1 aromatic heterocycles. The molecule has 3 aromatic carbocycles. The number of para-hydroxylation sites is 1. The van der Waals surface area contributed by atoms with Gasteiger partial charge in [-0.3, -0.25) is 9.78 Å². The zero-order chi connectivity index (χ0) is 24.4. The number of aliphatic hydroxyl groups is 1. The number of carbonyl (C=O) groups is 1. The summed E-state index contributed by atoms with van der Waals surface area (Å²) in [5.41, 5.74) is 0.977. The van der Waals surface area contributed by atoms with Gasteiger partial charge in [0, 0.05) is 40.9 Å². The number of halogens is 2. The van der Waals surface area contributed by atoms with Gasteiger partial charge in [-0.1, -0.05) is 48.0 Å². The SMILES string of the molecule is O=C(c1ccc(NSc2cccc3cccnc23)cc1F)N1CCC(O)(c2ccccc2Cl)CC1. The van der Waals surface area contributed by atoms with Crippen molar-refractivity contribution in [2.24, 2.45) is 0 Å². The first-order valence-corrected chi connectivity index (χ1v) is 12.5. The van der Waals surface area contributed by atoms with Crippen LogP contribution in [0.1, 0.15) is 28.8 Å². The number of benzene rings is 3. The number of hydrogen-bond donors (Lipinski definition) is 2. The van der Waals surface area contributed by atoms with Crippen LogP contribution in [0.3, 0.4) is 0 Å². The summed E-state index contributed by atoms with van der Waals surface area (Å²) in [5.74, 6) is -0.982. The Labute approximate surface area is 212 Å². The number of nitrogens with zero attached hydrogens (tertiary/aromatic N) is 2. The van der Waals surface area contributed by atoms with E-state index in [0.717, 1.165) is 15.8 Å². The Hall–Kier alpha value is -3.13. The van der Waals surface area contributed by atoms with Gasteiger partial charge in [-0.05, 0) is 61.2 Å². The first kappa shape index (κ1) is 23.6. The van der Waals surface area contributed by atoms with Crippen LogP contribution >= 0.6 is 23.5 Å². The Bertz CT molecular complexity index is 1390. The van der Waals surface area contributed by atoms with Crippen LogP contribution in [-0.2, 0) is 5.60 Å². The molecule has 8 heteroatoms. The number of aromatic nitrogens is 1. The largest absolute Gasteiger partial charge is 0.385 e. The van der Waals surface area contributed by atoms with Gasteiger partial charge in [0.15, 0.2) is 0 Å². The summed E-state index contributed by atoms with van der Waals surface area (Å²) in [4.78, 5) is 19.9. The molecular weight excluding hydrogens is 485 g/mol. The van der Waals surface area contributed by atoms with Crippen LogP contribution in [0.25, 0.3) is 10.9 Å². The second kappa shape index (κ2) is 9.85. The minimum atomic E-state index is -1.10. The molecule has 0 aliphatic carbocycles. The Kier molecular flexibility index (Phi) is 6.65. The van der Waals surface area contributed by atoms with E-state index in [9.17, 15) is 14.3 Å². The molecule has 1 amide bonds. The molecule has 178 valence electrons. The minimum absolute atomic E-state index is 0.00978. The lowest BCUT2D eigenvalue weighted by Crippen LogP contribution is -2.45. The second-order valence-electron chi connectivity index (χ2n) is 8.53. The highest BCUT2D eigenvalue weighted by Gasteiger charge is 2.37. The monoisotopic (exact) mass is 507 g/mol. The molecule has 0 unspecified atom stereocenters. The molecule has 0 bridgehead atoms. The zero-order valence-electron chi connectivity index (χ0n) is 18.7. The van der Waals surface area contributed by atoms with Gasteiger partial charge < -0.3 is 14.7 Å². The number of hydrogen-bond acceptors (Lipinski definition) is 5. The number of anilines is 1. The average Bonchev–Trinajstić information content (AvgIpc) is 2.88. The summed E-state index contributed by atoms with van der Waals surface area (Å²) in [7, 11) is 0. The molecule has 1 aliphatic rings. The number of likely N-dealkylation sites (tertiary alicyclic amines) is 1. The third kappa shape index (κ3) is 4.85. The lowest BCUT2D eigenvalue weighted by molar-refractivity contribution is -0.0211. The van der Waals surface area contributed by atoms with Gasteiger partial charge >= 0.3 is 0 Å². The van der Waals surface area contributed by atoms with Crippen LogP contribution in [0.4, 0.5) is 10.1 Å². The van der Waals surface area contributed by atoms with E-state index in [4.69, 9.17) is 11.6 Å². The lowest BCUT2D eigenvalue weighted by Gasteiger charge is -2.39. The number of piperidine rings is 1. The van der Waals surface area contributed by atoms with Gasteiger partial charge in [0.2, 0.25) is 0 Å². The molecular formula is C27H23ClFN3O2S. The quantitative estimate of drug-likeness (QED) is 0.312. The van der Waals surface area contributed by atoms with E-state index in [1.165, 1.54) is 24.1 Å². The number of fused-ring (bicyclic) bond motifs is 1. The van der Waals surface area contributed by atoms with E-state index in [0.29, 0.717) is 42.2 Å². The number of pyridine rings is 1. The molecule has 0 radical (unpaired) electrons. The van der Waals surface area contributed by atoms with Crippen LogP contribution in [0, 0.1) is 5.82 Å². The van der Waals surface area contributed by atoms with Crippen molar-refractivity contribution in [3.05, 3.63) is 101 Å². The maximum absolute atomic E-state index is 14.9. The molecule has 2 heterocycles. The summed E-state index contributed by atoms with van der Waals surface area (Å²) in [6, 6.07) is 21.4. The predicted molar refractivity (Wildman–Crippen MR) is 138 cm³/mol. The summed E-state index contributed by atoms with van der Waals surface area (Å²) in [6.07, 6.45) is 2.40. The molecule has 0 atom stereocenters. The zero-order valence-corrected chi connectivity index (χ0v) is 20.3. The van der Waals surface area contributed by atoms with E-state index in [-0.39, 0.29) is 11.5 Å². The van der Waals surface area contributed by atoms with Crippen molar-refractivity contribution >= 4 is 46.0 Å². The van der Waals surface area contributed by atoms with Crippen molar-refractivity contribution in [1.82, 2.24) is 9.88 Å². The topological polar surface area (TPSA) is 65.5 Å². The Morgan fingerprint density at radius 2 is 1.83 bits per heavy atom. The maximum Gasteiger partial charge on any atom is 0.256 e. The molecule has 5 rings (SSSR count). The smallest absolute Gasteiger partial charge is 0.256 e. The fourth-order valence-corrected chi connectivity index (χ4v) is 5.46. The van der Waals surface area contributed by atoms with Gasteiger partial charge in [-0.25, -0.2) is 4.39 Å². The third-order valence-corrected chi connectivity index (χ3v) is 7.54. The van der Waals surface area contributed by atoms with Gasteiger partial charge in [0.1, 0.15) is 5.82 Å². The van der Waals surface area contributed by atoms with E-state index < -0.39 is 11.4 Å². The summed E-state index contributed by atoms with van der Waals surface area (Å²) in [6.45, 7) is 0.619. The molecule has 4 aromatic rings. The van der Waals surface area contributed by atoms with Crippen LogP contribution in [0.15, 0.2) is 83.9 Å². The fraction of sp³-hybridized carbons (Fsp3) is 0.185. The number of rotatable bonds is 5. The molecule has 1 saturated heterocycles. The standard InChI is InChI=1S/C27H23ClFN3O2S/c28-22-8-2-1-7-21(22)27(34)12-15-32(16-13-27)26(33)20-11-10-19(17-23(20)29)31-35-24-9-3-5-18-6-4-14-30-25(18)24/h1-11,14,17,31,34H,12-13,15-16H2. The normalized spacial score (nSPS) is 15.2. The first-order valence-electron chi connectivity index (χ1n) is 11.3. The number of nitrogens with one attached hydrogen (secondary N) is 1. The Morgan fingerprint density at radius 3 is 2.60 bits per heavy atom. The van der Waals surface area contributed by atoms with E-state index in [2.05, 4.69) is 9.71 Å². The Balaban J connectivity index is 1.25. The summed E-state index contributed by atoms with van der Waals surface area (Å²) < 4.78 is 18.1. The molecule has 5 nitrogen and oxygen atoms in total. The average molecular weight is 508 g/mol. The van der Waals surface area contributed by atoms with Crippen molar-refractivity contribution in [1.29, 1.82) is 0 Å². The highest BCUT2D eigenvalue weighted by Crippen LogP contribution is 2.37. The molecule has 2 N–H and O–H groups in total. The van der Waals surface area contributed by atoms with E-state index in [1.807, 2.05) is 42.5 Å². The van der Waals surface area contributed by atoms with Crippen LogP contribution in [0.2, 0.25) is 5.02 Å². The first-order chi connectivity index (χ1) is 16.9. The van der Waals surface area contributed by atoms with Gasteiger partial charge in [0.05, 0.1) is 21.6 Å². The van der Waals surface area contributed by atoms with Crippen molar-refractivity contribution in [3.8, 4) is 0 Å².